The predicted molar refractivity (Wildman–Crippen MR) is 79.6 cm³/mol. The summed E-state index contributed by atoms with van der Waals surface area (Å²) >= 11 is 0. The minimum Gasteiger partial charge on any atom is -0.492 e. The van der Waals surface area contributed by atoms with Crippen LogP contribution < -0.4 is 15.8 Å². The molecule has 5 heteroatoms. The predicted octanol–water partition coefficient (Wildman–Crippen LogP) is 2.86. The zero-order chi connectivity index (χ0) is 15.2. The van der Waals surface area contributed by atoms with Gasteiger partial charge in [0.1, 0.15) is 17.6 Å². The van der Waals surface area contributed by atoms with Crippen molar-refractivity contribution in [3.8, 4) is 5.75 Å². The third-order valence-corrected chi connectivity index (χ3v) is 2.94. The maximum absolute atomic E-state index is 13.2. The molecule has 0 fully saturated rings. The van der Waals surface area contributed by atoms with E-state index in [0.717, 1.165) is 0 Å². The second-order valence-electron chi connectivity index (χ2n) is 4.45. The van der Waals surface area contributed by atoms with Gasteiger partial charge in [-0.1, -0.05) is 30.3 Å². The van der Waals surface area contributed by atoms with Gasteiger partial charge in [0.05, 0.1) is 12.3 Å². The second kappa shape index (κ2) is 6.85. The van der Waals surface area contributed by atoms with E-state index in [2.05, 4.69) is 5.32 Å². The molecule has 2 aromatic rings. The first-order chi connectivity index (χ1) is 10.1. The van der Waals surface area contributed by atoms with Gasteiger partial charge < -0.3 is 15.8 Å². The molecule has 3 N–H and O–H groups in total. The normalized spacial score (nSPS) is 11.8. The Morgan fingerprint density at radius 3 is 2.67 bits per heavy atom. The van der Waals surface area contributed by atoms with E-state index in [4.69, 9.17) is 10.5 Å². The van der Waals surface area contributed by atoms with Crippen LogP contribution in [0.15, 0.2) is 48.5 Å². The first-order valence-electron chi connectivity index (χ1n) is 6.65. The van der Waals surface area contributed by atoms with Crippen LogP contribution in [0.1, 0.15) is 18.5 Å². The smallest absolute Gasteiger partial charge is 0.245 e. The van der Waals surface area contributed by atoms with Gasteiger partial charge >= 0.3 is 0 Å². The number of anilines is 1. The van der Waals surface area contributed by atoms with Crippen LogP contribution >= 0.6 is 0 Å². The molecule has 0 unspecified atom stereocenters. The van der Waals surface area contributed by atoms with Gasteiger partial charge in [-0.05, 0) is 24.6 Å². The van der Waals surface area contributed by atoms with Crippen LogP contribution in [0.5, 0.6) is 5.75 Å². The van der Waals surface area contributed by atoms with Gasteiger partial charge in [0.25, 0.3) is 0 Å². The monoisotopic (exact) mass is 288 g/mol. The maximum atomic E-state index is 13.2. The molecule has 0 aliphatic carbocycles. The summed E-state index contributed by atoms with van der Waals surface area (Å²) in [5, 5.41) is 2.67. The van der Waals surface area contributed by atoms with Crippen molar-refractivity contribution < 1.29 is 13.9 Å². The van der Waals surface area contributed by atoms with Crippen molar-refractivity contribution in [2.24, 2.45) is 5.73 Å². The molecule has 0 aliphatic rings. The van der Waals surface area contributed by atoms with Crippen molar-refractivity contribution in [3.05, 3.63) is 59.9 Å². The molecule has 0 spiro atoms. The fourth-order valence-corrected chi connectivity index (χ4v) is 1.90. The molecule has 0 heterocycles. The number of carbonyl (C=O) groups excluding carboxylic acids is 1. The third-order valence-electron chi connectivity index (χ3n) is 2.94. The van der Waals surface area contributed by atoms with Gasteiger partial charge in [-0.15, -0.1) is 0 Å². The molecular formula is C16H17FN2O2. The van der Waals surface area contributed by atoms with Crippen LogP contribution in [-0.4, -0.2) is 12.5 Å². The van der Waals surface area contributed by atoms with Crippen molar-refractivity contribution in [1.29, 1.82) is 0 Å². The lowest BCUT2D eigenvalue weighted by atomic mass is 10.1. The Morgan fingerprint density at radius 2 is 2.00 bits per heavy atom. The van der Waals surface area contributed by atoms with E-state index < -0.39 is 11.9 Å². The van der Waals surface area contributed by atoms with Gasteiger partial charge in [-0.25, -0.2) is 4.39 Å². The fraction of sp³-hybridized carbons (Fsp3) is 0.188. The number of benzene rings is 2. The number of carbonyl (C=O) groups is 1. The first kappa shape index (κ1) is 15.0. The average molecular weight is 288 g/mol. The molecule has 0 saturated heterocycles. The van der Waals surface area contributed by atoms with Crippen LogP contribution in [0.25, 0.3) is 0 Å². The maximum Gasteiger partial charge on any atom is 0.245 e. The number of nitrogens with two attached hydrogens (primary N) is 1. The van der Waals surface area contributed by atoms with E-state index in [1.165, 1.54) is 18.2 Å². The second-order valence-corrected chi connectivity index (χ2v) is 4.45. The lowest BCUT2D eigenvalue weighted by molar-refractivity contribution is -0.117. The summed E-state index contributed by atoms with van der Waals surface area (Å²) in [5.41, 5.74) is 7.01. The number of nitrogens with one attached hydrogen (secondary N) is 1. The van der Waals surface area contributed by atoms with Crippen LogP contribution in [0.4, 0.5) is 10.1 Å². The van der Waals surface area contributed by atoms with Crippen LogP contribution in [0.3, 0.4) is 0 Å². The summed E-state index contributed by atoms with van der Waals surface area (Å²) in [7, 11) is 0. The number of rotatable bonds is 5. The molecule has 0 saturated carbocycles. The van der Waals surface area contributed by atoms with E-state index in [1.54, 1.807) is 19.1 Å². The van der Waals surface area contributed by atoms with E-state index in [9.17, 15) is 9.18 Å². The number of amides is 1. The highest BCUT2D eigenvalue weighted by Gasteiger charge is 2.17. The van der Waals surface area contributed by atoms with Gasteiger partial charge in [0.15, 0.2) is 0 Å². The van der Waals surface area contributed by atoms with E-state index in [-0.39, 0.29) is 11.7 Å². The number of halogens is 1. The number of hydrogen-bond acceptors (Lipinski definition) is 3. The van der Waals surface area contributed by atoms with E-state index >= 15 is 0 Å². The first-order valence-corrected chi connectivity index (χ1v) is 6.65. The molecule has 1 atom stereocenters. The Kier molecular flexibility index (Phi) is 4.90. The summed E-state index contributed by atoms with van der Waals surface area (Å²) in [5.74, 6) is -0.524. The fourth-order valence-electron chi connectivity index (χ4n) is 1.90. The molecule has 21 heavy (non-hydrogen) atoms. The Labute approximate surface area is 122 Å². The molecule has 1 amide bonds. The number of ether oxygens (including phenoxy) is 1. The quantitative estimate of drug-likeness (QED) is 0.889. The molecular weight excluding hydrogens is 271 g/mol. The highest BCUT2D eigenvalue weighted by molar-refractivity contribution is 5.96. The summed E-state index contributed by atoms with van der Waals surface area (Å²) in [4.78, 5) is 12.2. The summed E-state index contributed by atoms with van der Waals surface area (Å²) < 4.78 is 18.5. The van der Waals surface area contributed by atoms with Crippen LogP contribution in [0.2, 0.25) is 0 Å². The molecule has 2 rings (SSSR count). The molecule has 110 valence electrons. The molecule has 0 aliphatic heterocycles. The average Bonchev–Trinajstić information content (AvgIpc) is 2.50. The zero-order valence-corrected chi connectivity index (χ0v) is 11.7. The van der Waals surface area contributed by atoms with Gasteiger partial charge in [0, 0.05) is 6.07 Å². The topological polar surface area (TPSA) is 64.3 Å². The van der Waals surface area contributed by atoms with Gasteiger partial charge in [-0.2, -0.15) is 0 Å². The minimum absolute atomic E-state index is 0.283. The molecule has 0 radical (unpaired) electrons. The van der Waals surface area contributed by atoms with Crippen LogP contribution in [0, 0.1) is 5.82 Å². The molecule has 2 aromatic carbocycles. The van der Waals surface area contributed by atoms with Crippen LogP contribution in [-0.2, 0) is 4.79 Å². The molecule has 0 bridgehead atoms. The van der Waals surface area contributed by atoms with E-state index in [1.807, 2.05) is 18.2 Å². The van der Waals surface area contributed by atoms with Gasteiger partial charge in [-0.3, -0.25) is 4.79 Å². The Morgan fingerprint density at radius 1 is 1.29 bits per heavy atom. The Balaban J connectivity index is 2.16. The lowest BCUT2D eigenvalue weighted by Crippen LogP contribution is -2.27. The minimum atomic E-state index is -0.800. The molecule has 4 nitrogen and oxygen atoms in total. The van der Waals surface area contributed by atoms with Crippen molar-refractivity contribution in [2.45, 2.75) is 13.0 Å². The SMILES string of the molecule is CCOc1cc(F)ccc1NC(=O)[C@@H](N)c1ccccc1. The Hall–Kier alpha value is -2.40. The highest BCUT2D eigenvalue weighted by Crippen LogP contribution is 2.26. The third kappa shape index (κ3) is 3.79. The lowest BCUT2D eigenvalue weighted by Gasteiger charge is -2.15. The number of hydrogen-bond donors (Lipinski definition) is 2. The van der Waals surface area contributed by atoms with Crippen molar-refractivity contribution in [1.82, 2.24) is 0 Å². The van der Waals surface area contributed by atoms with E-state index in [0.29, 0.717) is 17.9 Å². The zero-order valence-electron chi connectivity index (χ0n) is 11.7. The summed E-state index contributed by atoms with van der Waals surface area (Å²) in [6.45, 7) is 2.16. The van der Waals surface area contributed by atoms with Crippen molar-refractivity contribution in [3.63, 3.8) is 0 Å². The van der Waals surface area contributed by atoms with Crippen molar-refractivity contribution in [2.75, 3.05) is 11.9 Å². The summed E-state index contributed by atoms with van der Waals surface area (Å²) in [6.07, 6.45) is 0. The standard InChI is InChI=1S/C16H17FN2O2/c1-2-21-14-10-12(17)8-9-13(14)19-16(20)15(18)11-6-4-3-5-7-11/h3-10,15H,2,18H2,1H3,(H,19,20)/t15-/m0/s1. The highest BCUT2D eigenvalue weighted by atomic mass is 19.1. The largest absolute Gasteiger partial charge is 0.492 e. The summed E-state index contributed by atoms with van der Waals surface area (Å²) in [6, 6.07) is 12.2. The van der Waals surface area contributed by atoms with Crippen molar-refractivity contribution >= 4 is 11.6 Å². The van der Waals surface area contributed by atoms with Gasteiger partial charge in [0.2, 0.25) is 5.91 Å². The molecule has 0 aromatic heterocycles. The Bertz CT molecular complexity index is 617.